The van der Waals surface area contributed by atoms with E-state index in [4.69, 9.17) is 0 Å². The summed E-state index contributed by atoms with van der Waals surface area (Å²) in [6.07, 6.45) is 0. The number of aromatic nitrogens is 1. The van der Waals surface area contributed by atoms with Crippen LogP contribution in [0.25, 0.3) is 0 Å². The van der Waals surface area contributed by atoms with Gasteiger partial charge in [-0.2, -0.15) is 13.2 Å². The predicted molar refractivity (Wildman–Crippen MR) is 87.9 cm³/mol. The third-order valence-electron chi connectivity index (χ3n) is 3.39. The third-order valence-corrected chi connectivity index (χ3v) is 6.08. The van der Waals surface area contributed by atoms with Crippen molar-refractivity contribution in [3.8, 4) is 0 Å². The van der Waals surface area contributed by atoms with Crippen LogP contribution in [0.2, 0.25) is 0 Å². The highest BCUT2D eigenvalue weighted by molar-refractivity contribution is 7.92. The average Bonchev–Trinajstić information content (AvgIpc) is 2.98. The van der Waals surface area contributed by atoms with Gasteiger partial charge >= 0.3 is 5.51 Å². The Bertz CT molecular complexity index is 861. The zero-order chi connectivity index (χ0) is 19.0. The van der Waals surface area contributed by atoms with Crippen molar-refractivity contribution in [2.75, 3.05) is 5.32 Å². The van der Waals surface area contributed by atoms with Gasteiger partial charge in [-0.3, -0.25) is 0 Å². The Balaban J connectivity index is 2.40. The van der Waals surface area contributed by atoms with E-state index in [0.717, 1.165) is 17.1 Å². The first kappa shape index (κ1) is 19.6. The van der Waals surface area contributed by atoms with Crippen molar-refractivity contribution in [1.82, 2.24) is 4.98 Å². The number of nitrogens with zero attached hydrogens (tertiary/aromatic N) is 1. The second-order valence-corrected chi connectivity index (χ2v) is 8.52. The first-order valence-electron chi connectivity index (χ1n) is 7.26. The summed E-state index contributed by atoms with van der Waals surface area (Å²) in [5.41, 5.74) is -5.29. The summed E-state index contributed by atoms with van der Waals surface area (Å²) in [6, 6.07) is 1.67. The Labute approximate surface area is 146 Å². The van der Waals surface area contributed by atoms with E-state index < -0.39 is 32.1 Å². The molecule has 1 aromatic heterocycles. The van der Waals surface area contributed by atoms with Gasteiger partial charge in [-0.1, -0.05) is 13.8 Å². The Kier molecular flexibility index (Phi) is 5.43. The van der Waals surface area contributed by atoms with Gasteiger partial charge in [0.05, 0.1) is 22.4 Å². The molecule has 1 heterocycles. The quantitative estimate of drug-likeness (QED) is 0.733. The first-order valence-corrected chi connectivity index (χ1v) is 9.62. The van der Waals surface area contributed by atoms with E-state index in [1.807, 2.05) is 13.8 Å². The molecule has 0 fully saturated rings. The molecule has 0 amide bonds. The minimum atomic E-state index is -5.69. The number of alkyl halides is 3. The van der Waals surface area contributed by atoms with Crippen LogP contribution in [0.4, 0.5) is 23.2 Å². The van der Waals surface area contributed by atoms with Gasteiger partial charge in [0.2, 0.25) is 0 Å². The number of rotatable bonds is 5. The van der Waals surface area contributed by atoms with E-state index in [-0.39, 0.29) is 11.6 Å². The lowest BCUT2D eigenvalue weighted by atomic mass is 10.2. The second kappa shape index (κ2) is 6.91. The van der Waals surface area contributed by atoms with Crippen LogP contribution in [0.3, 0.4) is 0 Å². The summed E-state index contributed by atoms with van der Waals surface area (Å²) in [6.45, 7) is 5.54. The van der Waals surface area contributed by atoms with E-state index in [2.05, 4.69) is 10.3 Å². The van der Waals surface area contributed by atoms with Crippen molar-refractivity contribution in [2.24, 2.45) is 0 Å². The zero-order valence-electron chi connectivity index (χ0n) is 13.6. The molecule has 0 aliphatic heterocycles. The monoisotopic (exact) mass is 396 g/mol. The van der Waals surface area contributed by atoms with E-state index in [9.17, 15) is 26.0 Å². The number of thiazole rings is 1. The molecule has 4 nitrogen and oxygen atoms in total. The molecule has 0 aliphatic rings. The fourth-order valence-electron chi connectivity index (χ4n) is 2.03. The number of anilines is 1. The number of benzene rings is 1. The highest BCUT2D eigenvalue weighted by Crippen LogP contribution is 2.36. The molecule has 2 aromatic rings. The van der Waals surface area contributed by atoms with Gasteiger partial charge in [-0.25, -0.2) is 17.8 Å². The second-order valence-electron chi connectivity index (χ2n) is 5.72. The third kappa shape index (κ3) is 4.12. The number of hydrogen-bond donors (Lipinski definition) is 1. The normalized spacial score (nSPS) is 13.9. The van der Waals surface area contributed by atoms with Gasteiger partial charge in [-0.15, -0.1) is 11.3 Å². The number of nitrogens with one attached hydrogen (secondary N) is 1. The zero-order valence-corrected chi connectivity index (χ0v) is 15.2. The summed E-state index contributed by atoms with van der Waals surface area (Å²) in [5, 5.41) is 5.28. The molecule has 1 atom stereocenters. The van der Waals surface area contributed by atoms with Crippen LogP contribution in [0.5, 0.6) is 0 Å². The smallest absolute Gasteiger partial charge is 0.376 e. The van der Waals surface area contributed by atoms with Crippen molar-refractivity contribution in [3.05, 3.63) is 40.1 Å². The minimum Gasteiger partial charge on any atom is -0.376 e. The molecule has 0 aliphatic carbocycles. The van der Waals surface area contributed by atoms with E-state index >= 15 is 0 Å². The molecule has 10 heteroatoms. The molecule has 1 unspecified atom stereocenters. The van der Waals surface area contributed by atoms with E-state index in [1.165, 1.54) is 11.3 Å². The van der Waals surface area contributed by atoms with Crippen LogP contribution < -0.4 is 5.32 Å². The standard InChI is InChI=1S/C15H16F4N2O2S2/c1-8(2)14-21-12(7-24-14)9(3)20-11-5-4-10(16)6-13(11)25(22,23)15(17,18)19/h4-9,20H,1-3H3. The molecular formula is C15H16F4N2O2S2. The molecule has 1 aromatic carbocycles. The largest absolute Gasteiger partial charge is 0.501 e. The lowest BCUT2D eigenvalue weighted by Crippen LogP contribution is -2.25. The number of hydrogen-bond acceptors (Lipinski definition) is 5. The van der Waals surface area contributed by atoms with Crippen molar-refractivity contribution in [1.29, 1.82) is 0 Å². The van der Waals surface area contributed by atoms with Crippen LogP contribution in [-0.4, -0.2) is 18.9 Å². The van der Waals surface area contributed by atoms with E-state index in [0.29, 0.717) is 11.8 Å². The number of sulfone groups is 1. The van der Waals surface area contributed by atoms with Crippen LogP contribution in [0.1, 0.15) is 43.4 Å². The molecule has 0 spiro atoms. The molecular weight excluding hydrogens is 380 g/mol. The SMILES string of the molecule is CC(C)c1nc(C(C)Nc2ccc(F)cc2S(=O)(=O)C(F)(F)F)cs1. The maximum atomic E-state index is 13.3. The summed E-state index contributed by atoms with van der Waals surface area (Å²) in [4.78, 5) is 3.23. The topological polar surface area (TPSA) is 59.1 Å². The van der Waals surface area contributed by atoms with Gasteiger partial charge in [0.1, 0.15) is 10.7 Å². The lowest BCUT2D eigenvalue weighted by molar-refractivity contribution is -0.0435. The number of halogens is 4. The van der Waals surface area contributed by atoms with Crippen LogP contribution in [0, 0.1) is 5.82 Å². The predicted octanol–water partition coefficient (Wildman–Crippen LogP) is 4.87. The molecule has 138 valence electrons. The summed E-state index contributed by atoms with van der Waals surface area (Å²) in [5.74, 6) is -0.880. The van der Waals surface area contributed by atoms with Gasteiger partial charge in [-0.05, 0) is 25.1 Å². The van der Waals surface area contributed by atoms with Crippen LogP contribution in [-0.2, 0) is 9.84 Å². The maximum absolute atomic E-state index is 13.3. The van der Waals surface area contributed by atoms with E-state index in [1.54, 1.807) is 12.3 Å². The average molecular weight is 396 g/mol. The first-order chi connectivity index (χ1) is 11.4. The molecule has 0 saturated carbocycles. The Morgan fingerprint density at radius 1 is 1.20 bits per heavy atom. The van der Waals surface area contributed by atoms with Crippen molar-refractivity contribution in [2.45, 2.75) is 43.1 Å². The highest BCUT2D eigenvalue weighted by Gasteiger charge is 2.48. The van der Waals surface area contributed by atoms with Crippen LogP contribution >= 0.6 is 11.3 Å². The molecule has 25 heavy (non-hydrogen) atoms. The lowest BCUT2D eigenvalue weighted by Gasteiger charge is -2.18. The van der Waals surface area contributed by atoms with Crippen molar-refractivity contribution < 1.29 is 26.0 Å². The van der Waals surface area contributed by atoms with Gasteiger partial charge in [0.15, 0.2) is 0 Å². The van der Waals surface area contributed by atoms with Gasteiger partial charge < -0.3 is 5.32 Å². The molecule has 0 bridgehead atoms. The Morgan fingerprint density at radius 2 is 1.84 bits per heavy atom. The minimum absolute atomic E-state index is 0.193. The fraction of sp³-hybridized carbons (Fsp3) is 0.400. The molecule has 0 radical (unpaired) electrons. The van der Waals surface area contributed by atoms with Crippen molar-refractivity contribution in [3.63, 3.8) is 0 Å². The maximum Gasteiger partial charge on any atom is 0.501 e. The fourth-order valence-corrected chi connectivity index (χ4v) is 3.90. The van der Waals surface area contributed by atoms with Crippen molar-refractivity contribution >= 4 is 26.9 Å². The Hall–Kier alpha value is -1.68. The van der Waals surface area contributed by atoms with Gasteiger partial charge in [0.25, 0.3) is 9.84 Å². The molecule has 1 N–H and O–H groups in total. The highest BCUT2D eigenvalue weighted by atomic mass is 32.2. The summed E-state index contributed by atoms with van der Waals surface area (Å²) < 4.78 is 75.2. The van der Waals surface area contributed by atoms with Gasteiger partial charge in [0, 0.05) is 11.3 Å². The molecule has 0 saturated heterocycles. The van der Waals surface area contributed by atoms with Crippen LogP contribution in [0.15, 0.2) is 28.5 Å². The summed E-state index contributed by atoms with van der Waals surface area (Å²) in [7, 11) is -5.69. The summed E-state index contributed by atoms with van der Waals surface area (Å²) >= 11 is 1.40. The Morgan fingerprint density at radius 3 is 2.36 bits per heavy atom. The molecule has 2 rings (SSSR count).